The molecule has 1 aromatic heterocycles. The number of fused-ring (bicyclic) bond motifs is 1. The van der Waals surface area contributed by atoms with Gasteiger partial charge in [-0.3, -0.25) is 10.2 Å². The van der Waals surface area contributed by atoms with Crippen molar-refractivity contribution >= 4 is 11.8 Å². The van der Waals surface area contributed by atoms with Crippen molar-refractivity contribution < 1.29 is 4.79 Å². The molecule has 6 rings (SSSR count). The van der Waals surface area contributed by atoms with Crippen LogP contribution in [0.25, 0.3) is 5.69 Å². The molecule has 1 aliphatic carbocycles. The smallest absolute Gasteiger partial charge is 0.320 e. The van der Waals surface area contributed by atoms with Crippen LogP contribution in [0.15, 0.2) is 91.0 Å². The molecule has 2 heterocycles. The molecule has 2 amide bonds. The largest absolute Gasteiger partial charge is 0.333 e. The third-order valence-electron chi connectivity index (χ3n) is 7.83. The average Bonchev–Trinajstić information content (AvgIpc) is 3.60. The van der Waals surface area contributed by atoms with E-state index in [0.29, 0.717) is 0 Å². The van der Waals surface area contributed by atoms with E-state index in [1.165, 1.54) is 11.1 Å². The highest BCUT2D eigenvalue weighted by Gasteiger charge is 2.41. The van der Waals surface area contributed by atoms with Crippen LogP contribution in [0.5, 0.6) is 0 Å². The first-order valence-corrected chi connectivity index (χ1v) is 13.2. The number of benzene rings is 3. The monoisotopic (exact) mass is 491 g/mol. The van der Waals surface area contributed by atoms with E-state index in [4.69, 9.17) is 5.10 Å². The van der Waals surface area contributed by atoms with Gasteiger partial charge in [0.1, 0.15) is 5.82 Å². The van der Waals surface area contributed by atoms with Gasteiger partial charge in [-0.25, -0.2) is 9.48 Å². The SMILES string of the molecule is CC1C(c2ccccc2)C(NC(=O)Nc2c3c(nn2-c2ccccc2)CCC3)CN1Cc1ccccc1. The summed E-state index contributed by atoms with van der Waals surface area (Å²) >= 11 is 0. The van der Waals surface area contributed by atoms with Crippen LogP contribution in [-0.4, -0.2) is 39.3 Å². The number of aryl methyl sites for hydroxylation is 1. The van der Waals surface area contributed by atoms with Gasteiger partial charge in [-0.05, 0) is 49.4 Å². The number of carbonyl (C=O) groups excluding carboxylic acids is 1. The number of hydrogen-bond donors (Lipinski definition) is 2. The minimum atomic E-state index is -0.175. The summed E-state index contributed by atoms with van der Waals surface area (Å²) in [5, 5.41) is 11.4. The molecule has 1 aliphatic heterocycles. The summed E-state index contributed by atoms with van der Waals surface area (Å²) < 4.78 is 1.89. The standard InChI is InChI=1S/C31H33N5O/c1-22-29(24-14-7-3-8-15-24)28(21-35(22)20-23-12-5-2-6-13-23)32-31(37)33-30-26-18-11-19-27(26)34-36(30)25-16-9-4-10-17-25/h2-10,12-17,22,28-29H,11,18-21H2,1H3,(H2,32,33,37). The molecule has 1 fully saturated rings. The first-order chi connectivity index (χ1) is 18.2. The lowest BCUT2D eigenvalue weighted by Crippen LogP contribution is -2.42. The van der Waals surface area contributed by atoms with Crippen molar-refractivity contribution in [1.29, 1.82) is 0 Å². The number of carbonyl (C=O) groups is 1. The lowest BCUT2D eigenvalue weighted by atomic mass is 9.89. The Hall–Kier alpha value is -3.90. The maximum Gasteiger partial charge on any atom is 0.320 e. The number of para-hydroxylation sites is 1. The molecule has 3 unspecified atom stereocenters. The van der Waals surface area contributed by atoms with Gasteiger partial charge in [-0.15, -0.1) is 0 Å². The first-order valence-electron chi connectivity index (χ1n) is 13.2. The number of nitrogens with one attached hydrogen (secondary N) is 2. The maximum atomic E-state index is 13.5. The molecule has 3 aromatic carbocycles. The molecule has 0 radical (unpaired) electrons. The zero-order valence-corrected chi connectivity index (χ0v) is 21.2. The van der Waals surface area contributed by atoms with Gasteiger partial charge < -0.3 is 5.32 Å². The van der Waals surface area contributed by atoms with E-state index in [-0.39, 0.29) is 24.0 Å². The van der Waals surface area contributed by atoms with E-state index in [1.54, 1.807) is 0 Å². The van der Waals surface area contributed by atoms with Gasteiger partial charge in [-0.1, -0.05) is 78.9 Å². The van der Waals surface area contributed by atoms with Gasteiger partial charge in [-0.2, -0.15) is 5.10 Å². The van der Waals surface area contributed by atoms with E-state index in [9.17, 15) is 4.79 Å². The number of likely N-dealkylation sites (tertiary alicyclic amines) is 1. The summed E-state index contributed by atoms with van der Waals surface area (Å²) in [4.78, 5) is 16.0. The quantitative estimate of drug-likeness (QED) is 0.372. The Balaban J connectivity index is 1.25. The molecule has 6 heteroatoms. The van der Waals surface area contributed by atoms with E-state index >= 15 is 0 Å². The number of rotatable bonds is 6. The maximum absolute atomic E-state index is 13.5. The topological polar surface area (TPSA) is 62.2 Å². The molecule has 0 spiro atoms. The van der Waals surface area contributed by atoms with Crippen molar-refractivity contribution in [3.63, 3.8) is 0 Å². The Bertz CT molecular complexity index is 1350. The van der Waals surface area contributed by atoms with E-state index in [2.05, 4.69) is 77.1 Å². The zero-order chi connectivity index (χ0) is 25.2. The third-order valence-corrected chi connectivity index (χ3v) is 7.83. The van der Waals surface area contributed by atoms with Gasteiger partial charge in [0, 0.05) is 30.6 Å². The van der Waals surface area contributed by atoms with Crippen LogP contribution in [-0.2, 0) is 19.4 Å². The zero-order valence-electron chi connectivity index (χ0n) is 21.2. The minimum Gasteiger partial charge on any atom is -0.333 e. The fourth-order valence-electron chi connectivity index (χ4n) is 6.03. The second-order valence-corrected chi connectivity index (χ2v) is 10.2. The predicted octanol–water partition coefficient (Wildman–Crippen LogP) is 5.54. The lowest BCUT2D eigenvalue weighted by Gasteiger charge is -2.26. The number of amides is 2. The third kappa shape index (κ3) is 4.77. The highest BCUT2D eigenvalue weighted by atomic mass is 16.2. The van der Waals surface area contributed by atoms with Crippen molar-refractivity contribution in [2.75, 3.05) is 11.9 Å². The number of nitrogens with zero attached hydrogens (tertiary/aromatic N) is 3. The van der Waals surface area contributed by atoms with Crippen LogP contribution in [0.4, 0.5) is 10.6 Å². The molecule has 188 valence electrons. The van der Waals surface area contributed by atoms with Gasteiger partial charge in [0.2, 0.25) is 0 Å². The van der Waals surface area contributed by atoms with Crippen LogP contribution in [0, 0.1) is 0 Å². The van der Waals surface area contributed by atoms with Gasteiger partial charge in [0.05, 0.1) is 17.4 Å². The predicted molar refractivity (Wildman–Crippen MR) is 147 cm³/mol. The van der Waals surface area contributed by atoms with Crippen LogP contribution in [0.3, 0.4) is 0 Å². The van der Waals surface area contributed by atoms with E-state index in [0.717, 1.165) is 55.1 Å². The molecular formula is C31H33N5O. The summed E-state index contributed by atoms with van der Waals surface area (Å²) in [7, 11) is 0. The summed E-state index contributed by atoms with van der Waals surface area (Å²) in [6.07, 6.45) is 2.97. The number of anilines is 1. The average molecular weight is 492 g/mol. The molecule has 2 N–H and O–H groups in total. The summed E-state index contributed by atoms with van der Waals surface area (Å²) in [5.41, 5.74) is 5.74. The minimum absolute atomic E-state index is 0.0118. The fraction of sp³-hybridized carbons (Fsp3) is 0.290. The summed E-state index contributed by atoms with van der Waals surface area (Å²) in [6.45, 7) is 3.93. The number of aromatic nitrogens is 2. The van der Waals surface area contributed by atoms with Crippen LogP contribution >= 0.6 is 0 Å². The Morgan fingerprint density at radius 1 is 0.919 bits per heavy atom. The Labute approximate surface area is 218 Å². The molecule has 37 heavy (non-hydrogen) atoms. The highest BCUT2D eigenvalue weighted by molar-refractivity contribution is 5.90. The molecule has 1 saturated heterocycles. The van der Waals surface area contributed by atoms with E-state index < -0.39 is 0 Å². The van der Waals surface area contributed by atoms with Gasteiger partial charge in [0.25, 0.3) is 0 Å². The second-order valence-electron chi connectivity index (χ2n) is 10.2. The fourth-order valence-corrected chi connectivity index (χ4v) is 6.03. The molecular weight excluding hydrogens is 458 g/mol. The molecule has 3 atom stereocenters. The van der Waals surface area contributed by atoms with Crippen LogP contribution in [0.1, 0.15) is 41.6 Å². The molecule has 4 aromatic rings. The Morgan fingerprint density at radius 3 is 2.32 bits per heavy atom. The van der Waals surface area contributed by atoms with Crippen LogP contribution < -0.4 is 10.6 Å². The van der Waals surface area contributed by atoms with Gasteiger partial charge >= 0.3 is 6.03 Å². The normalized spacial score (nSPS) is 21.1. The molecule has 0 saturated carbocycles. The Morgan fingerprint density at radius 2 is 1.59 bits per heavy atom. The van der Waals surface area contributed by atoms with Crippen molar-refractivity contribution in [3.05, 3.63) is 113 Å². The van der Waals surface area contributed by atoms with Gasteiger partial charge in [0.15, 0.2) is 0 Å². The van der Waals surface area contributed by atoms with Crippen molar-refractivity contribution in [2.24, 2.45) is 0 Å². The van der Waals surface area contributed by atoms with Crippen molar-refractivity contribution in [3.8, 4) is 5.69 Å². The number of urea groups is 1. The first kappa shape index (κ1) is 23.5. The number of hydrogen-bond acceptors (Lipinski definition) is 3. The van der Waals surface area contributed by atoms with E-state index in [1.807, 2.05) is 41.1 Å². The van der Waals surface area contributed by atoms with Crippen molar-refractivity contribution in [1.82, 2.24) is 20.0 Å². The second kappa shape index (κ2) is 10.2. The molecule has 2 aliphatic rings. The summed E-state index contributed by atoms with van der Waals surface area (Å²) in [5.74, 6) is 0.986. The Kier molecular flexibility index (Phi) is 6.49. The van der Waals surface area contributed by atoms with Crippen molar-refractivity contribution in [2.45, 2.75) is 50.7 Å². The lowest BCUT2D eigenvalue weighted by molar-refractivity contribution is 0.243. The highest BCUT2D eigenvalue weighted by Crippen LogP contribution is 2.35. The summed E-state index contributed by atoms with van der Waals surface area (Å²) in [6, 6.07) is 31.3. The molecule has 6 nitrogen and oxygen atoms in total. The molecule has 0 bridgehead atoms. The van der Waals surface area contributed by atoms with Crippen LogP contribution in [0.2, 0.25) is 0 Å².